The van der Waals surface area contributed by atoms with Crippen molar-refractivity contribution in [1.82, 2.24) is 24.6 Å². The number of aromatic nitrogens is 3. The summed E-state index contributed by atoms with van der Waals surface area (Å²) in [6.45, 7) is 4.35. The lowest BCUT2D eigenvalue weighted by Gasteiger charge is -2.42. The van der Waals surface area contributed by atoms with Crippen LogP contribution in [0, 0.1) is 0 Å². The molecule has 0 saturated carbocycles. The second-order valence-corrected chi connectivity index (χ2v) is 7.43. The van der Waals surface area contributed by atoms with Crippen LogP contribution in [0.2, 0.25) is 5.02 Å². The fraction of sp³-hybridized carbons (Fsp3) is 0.400. The Morgan fingerprint density at radius 2 is 1.96 bits per heavy atom. The Bertz CT molecular complexity index is 914. The van der Waals surface area contributed by atoms with E-state index in [2.05, 4.69) is 25.8 Å². The van der Waals surface area contributed by atoms with Gasteiger partial charge in [0, 0.05) is 44.1 Å². The molecule has 2 atom stereocenters. The van der Waals surface area contributed by atoms with Crippen LogP contribution in [-0.4, -0.2) is 57.7 Å². The van der Waals surface area contributed by atoms with Crippen molar-refractivity contribution in [3.05, 3.63) is 53.4 Å². The third kappa shape index (κ3) is 3.58. The van der Waals surface area contributed by atoms with Gasteiger partial charge < -0.3 is 14.5 Å². The van der Waals surface area contributed by atoms with Crippen LogP contribution in [-0.2, 0) is 11.3 Å². The monoisotopic (exact) mass is 385 g/mol. The highest BCUT2D eigenvalue weighted by molar-refractivity contribution is 6.30. The number of halogens is 1. The summed E-state index contributed by atoms with van der Waals surface area (Å²) < 4.78 is 7.83. The van der Waals surface area contributed by atoms with Crippen molar-refractivity contribution in [3.63, 3.8) is 0 Å². The smallest absolute Gasteiger partial charge is 0.137 e. The Labute approximate surface area is 164 Å². The van der Waals surface area contributed by atoms with Crippen LogP contribution in [0.25, 0.3) is 17.0 Å². The van der Waals surface area contributed by atoms with Crippen LogP contribution in [0.15, 0.2) is 42.7 Å². The first kappa shape index (κ1) is 18.4. The lowest BCUT2D eigenvalue weighted by Crippen LogP contribution is -2.62. The number of nitrogens with zero attached hydrogens (tertiary/aromatic N) is 4. The Morgan fingerprint density at radius 3 is 2.70 bits per heavy atom. The van der Waals surface area contributed by atoms with Crippen LogP contribution in [0.3, 0.4) is 0 Å². The molecule has 2 unspecified atom stereocenters. The van der Waals surface area contributed by atoms with Gasteiger partial charge in [-0.1, -0.05) is 25.1 Å². The number of rotatable bonds is 3. The molecule has 0 aromatic carbocycles. The van der Waals surface area contributed by atoms with E-state index in [4.69, 9.17) is 21.3 Å². The highest BCUT2D eigenvalue weighted by atomic mass is 35.5. The van der Waals surface area contributed by atoms with Crippen molar-refractivity contribution in [2.75, 3.05) is 26.3 Å². The normalized spacial score (nSPS) is 22.6. The summed E-state index contributed by atoms with van der Waals surface area (Å²) in [7, 11) is 0. The summed E-state index contributed by atoms with van der Waals surface area (Å²) in [5.41, 5.74) is 3.88. The van der Waals surface area contributed by atoms with Gasteiger partial charge in [-0.05, 0) is 24.3 Å². The third-order valence-corrected chi connectivity index (χ3v) is 5.26. The van der Waals surface area contributed by atoms with E-state index in [0.717, 1.165) is 55.6 Å². The largest absolute Gasteiger partial charge is 0.378 e. The molecule has 3 aromatic rings. The van der Waals surface area contributed by atoms with E-state index in [1.807, 2.05) is 30.3 Å². The van der Waals surface area contributed by atoms with Gasteiger partial charge in [-0.25, -0.2) is 4.98 Å². The van der Waals surface area contributed by atoms with Gasteiger partial charge in [-0.3, -0.25) is 9.88 Å². The molecular formula is C20H24ClN5O. The van der Waals surface area contributed by atoms with Gasteiger partial charge in [-0.2, -0.15) is 0 Å². The first-order valence-corrected chi connectivity index (χ1v) is 9.28. The number of hydrogen-bond acceptors (Lipinski definition) is 5. The fourth-order valence-corrected chi connectivity index (χ4v) is 4.06. The van der Waals surface area contributed by atoms with Crippen molar-refractivity contribution < 1.29 is 4.74 Å². The number of fused-ring (bicyclic) bond motifs is 3. The number of pyridine rings is 2. The predicted molar refractivity (Wildman–Crippen MR) is 107 cm³/mol. The van der Waals surface area contributed by atoms with Crippen molar-refractivity contribution in [3.8, 4) is 11.4 Å². The molecule has 0 radical (unpaired) electrons. The first-order chi connectivity index (χ1) is 12.8. The Kier molecular flexibility index (Phi) is 5.14. The zero-order valence-corrected chi connectivity index (χ0v) is 15.1. The van der Waals surface area contributed by atoms with E-state index in [1.54, 1.807) is 6.20 Å². The highest BCUT2D eigenvalue weighted by Gasteiger charge is 2.31. The maximum atomic E-state index is 6.01. The zero-order valence-electron chi connectivity index (χ0n) is 14.3. The predicted octanol–water partition coefficient (Wildman–Crippen LogP) is 2.86. The Balaban J connectivity index is 0.00000180. The van der Waals surface area contributed by atoms with E-state index >= 15 is 0 Å². The van der Waals surface area contributed by atoms with Crippen molar-refractivity contribution in [2.24, 2.45) is 0 Å². The van der Waals surface area contributed by atoms with Crippen LogP contribution in [0.1, 0.15) is 13.1 Å². The highest BCUT2D eigenvalue weighted by Crippen LogP contribution is 2.26. The minimum Gasteiger partial charge on any atom is -0.378 e. The maximum Gasteiger partial charge on any atom is 0.137 e. The van der Waals surface area contributed by atoms with E-state index in [0.29, 0.717) is 17.1 Å². The standard InChI is InChI=1S/C19H20ClN5O.CH4/c20-13-4-5-16(21-7-13)19-17(25-6-2-1-3-18(25)23-19)10-24-8-14-11-26-12-15(9-24)22-14;/h1-7,14-15,22H,8-12H2;1H4. The molecule has 7 heteroatoms. The number of ether oxygens (including phenoxy) is 1. The Morgan fingerprint density at radius 1 is 1.15 bits per heavy atom. The molecule has 1 N–H and O–H groups in total. The van der Waals surface area contributed by atoms with Crippen molar-refractivity contribution >= 4 is 17.2 Å². The van der Waals surface area contributed by atoms with Crippen molar-refractivity contribution in [2.45, 2.75) is 26.1 Å². The lowest BCUT2D eigenvalue weighted by molar-refractivity contribution is -0.00900. The summed E-state index contributed by atoms with van der Waals surface area (Å²) in [6.07, 6.45) is 3.75. The summed E-state index contributed by atoms with van der Waals surface area (Å²) in [6, 6.07) is 10.7. The topological polar surface area (TPSA) is 54.7 Å². The molecule has 3 aromatic heterocycles. The van der Waals surface area contributed by atoms with Crippen LogP contribution in [0.4, 0.5) is 0 Å². The molecular weight excluding hydrogens is 362 g/mol. The van der Waals surface area contributed by atoms with Gasteiger partial charge in [0.15, 0.2) is 0 Å². The number of nitrogens with one attached hydrogen (secondary N) is 1. The SMILES string of the molecule is C.Clc1ccc(-c2nc3ccccn3c2CN2CC3COCC(C2)N3)nc1. The summed E-state index contributed by atoms with van der Waals surface area (Å²) in [5, 5.41) is 4.27. The molecule has 0 amide bonds. The maximum absolute atomic E-state index is 6.01. The quantitative estimate of drug-likeness (QED) is 0.751. The molecule has 2 bridgehead atoms. The molecule has 5 heterocycles. The van der Waals surface area contributed by atoms with Crippen LogP contribution < -0.4 is 5.32 Å². The van der Waals surface area contributed by atoms with Crippen LogP contribution in [0.5, 0.6) is 0 Å². The van der Waals surface area contributed by atoms with E-state index < -0.39 is 0 Å². The van der Waals surface area contributed by atoms with E-state index in [9.17, 15) is 0 Å². The molecule has 0 aliphatic carbocycles. The Hall–Kier alpha value is -1.99. The van der Waals surface area contributed by atoms with Gasteiger partial charge in [0.25, 0.3) is 0 Å². The lowest BCUT2D eigenvalue weighted by atomic mass is 10.1. The molecule has 2 saturated heterocycles. The van der Waals surface area contributed by atoms with Gasteiger partial charge in [0.2, 0.25) is 0 Å². The number of imidazole rings is 1. The second kappa shape index (κ2) is 7.56. The van der Waals surface area contributed by atoms with Gasteiger partial charge in [0.05, 0.1) is 29.6 Å². The molecule has 0 spiro atoms. The van der Waals surface area contributed by atoms with Gasteiger partial charge >= 0.3 is 0 Å². The summed E-state index contributed by atoms with van der Waals surface area (Å²) >= 11 is 6.01. The van der Waals surface area contributed by atoms with Crippen LogP contribution >= 0.6 is 11.6 Å². The average Bonchev–Trinajstić information content (AvgIpc) is 3.01. The second-order valence-electron chi connectivity index (χ2n) is 6.99. The zero-order chi connectivity index (χ0) is 17.5. The van der Waals surface area contributed by atoms with E-state index in [1.165, 1.54) is 0 Å². The number of piperazine rings is 1. The first-order valence-electron chi connectivity index (χ1n) is 8.90. The molecule has 2 aliphatic heterocycles. The van der Waals surface area contributed by atoms with Gasteiger partial charge in [0.1, 0.15) is 11.3 Å². The minimum atomic E-state index is 0. The third-order valence-electron chi connectivity index (χ3n) is 5.04. The minimum absolute atomic E-state index is 0. The molecule has 2 aliphatic rings. The van der Waals surface area contributed by atoms with Gasteiger partial charge in [-0.15, -0.1) is 0 Å². The van der Waals surface area contributed by atoms with E-state index in [-0.39, 0.29) is 7.43 Å². The summed E-state index contributed by atoms with van der Waals surface area (Å²) in [4.78, 5) is 11.8. The van der Waals surface area contributed by atoms with Crippen molar-refractivity contribution in [1.29, 1.82) is 0 Å². The molecule has 142 valence electrons. The molecule has 27 heavy (non-hydrogen) atoms. The number of hydrogen-bond donors (Lipinski definition) is 1. The summed E-state index contributed by atoms with van der Waals surface area (Å²) in [5.74, 6) is 0. The molecule has 5 rings (SSSR count). The molecule has 2 fully saturated rings. The average molecular weight is 386 g/mol. The number of morpholine rings is 1. The fourth-order valence-electron chi connectivity index (χ4n) is 3.95. The molecule has 6 nitrogen and oxygen atoms in total.